The third kappa shape index (κ3) is 4.10. The molecular formula is C15H18N2O3S. The van der Waals surface area contributed by atoms with Gasteiger partial charge in [0.25, 0.3) is 5.91 Å². The maximum Gasteiger partial charge on any atom is 0.273 e. The predicted molar refractivity (Wildman–Crippen MR) is 82.2 cm³/mol. The zero-order chi connectivity index (χ0) is 15.1. The van der Waals surface area contributed by atoms with Crippen LogP contribution in [0.1, 0.15) is 16.9 Å². The Morgan fingerprint density at radius 2 is 1.90 bits per heavy atom. The lowest BCUT2D eigenvalue weighted by atomic mass is 10.2. The molecule has 0 aliphatic carbocycles. The quantitative estimate of drug-likeness (QED) is 0.815. The van der Waals surface area contributed by atoms with E-state index in [9.17, 15) is 4.79 Å². The smallest absolute Gasteiger partial charge is 0.273 e. The van der Waals surface area contributed by atoms with Gasteiger partial charge in [-0.2, -0.15) is 0 Å². The van der Waals surface area contributed by atoms with Gasteiger partial charge in [0.15, 0.2) is 0 Å². The lowest BCUT2D eigenvalue weighted by Crippen LogP contribution is -2.35. The van der Waals surface area contributed by atoms with Gasteiger partial charge in [-0.3, -0.25) is 4.79 Å². The first-order valence-corrected chi connectivity index (χ1v) is 7.66. The van der Waals surface area contributed by atoms with Crippen molar-refractivity contribution >= 4 is 17.2 Å². The molecule has 1 aromatic carbocycles. The first-order chi connectivity index (χ1) is 10.3. The third-order valence-corrected chi connectivity index (χ3v) is 3.88. The van der Waals surface area contributed by atoms with Crippen LogP contribution in [0.15, 0.2) is 35.7 Å². The molecule has 2 rings (SSSR count). The standard InChI is InChI=1S/C15H18N2O3S/c18-9-4-7-17(8-10-19)15(20)13-11-21-14(16-13)12-5-2-1-3-6-12/h1-3,5-6,11,18-19H,4,7-10H2. The van der Waals surface area contributed by atoms with Gasteiger partial charge >= 0.3 is 0 Å². The Kier molecular flexibility index (Phi) is 5.86. The molecule has 0 radical (unpaired) electrons. The van der Waals surface area contributed by atoms with Gasteiger partial charge in [0, 0.05) is 30.6 Å². The van der Waals surface area contributed by atoms with E-state index >= 15 is 0 Å². The Morgan fingerprint density at radius 1 is 1.14 bits per heavy atom. The van der Waals surface area contributed by atoms with Gasteiger partial charge in [-0.25, -0.2) is 4.98 Å². The maximum absolute atomic E-state index is 12.4. The topological polar surface area (TPSA) is 73.7 Å². The number of rotatable bonds is 7. The Morgan fingerprint density at radius 3 is 2.57 bits per heavy atom. The SMILES string of the molecule is O=C(c1csc(-c2ccccc2)n1)N(CCO)CCCO. The molecule has 0 spiro atoms. The summed E-state index contributed by atoms with van der Waals surface area (Å²) >= 11 is 1.42. The zero-order valence-corrected chi connectivity index (χ0v) is 12.4. The largest absolute Gasteiger partial charge is 0.396 e. The number of benzene rings is 1. The van der Waals surface area contributed by atoms with Crippen molar-refractivity contribution in [2.45, 2.75) is 6.42 Å². The Labute approximate surface area is 127 Å². The van der Waals surface area contributed by atoms with Gasteiger partial charge in [0.1, 0.15) is 10.7 Å². The third-order valence-electron chi connectivity index (χ3n) is 2.99. The summed E-state index contributed by atoms with van der Waals surface area (Å²) in [7, 11) is 0. The minimum atomic E-state index is -0.212. The van der Waals surface area contributed by atoms with E-state index in [1.165, 1.54) is 16.2 Å². The lowest BCUT2D eigenvalue weighted by molar-refractivity contribution is 0.0705. The van der Waals surface area contributed by atoms with Crippen LogP contribution in [0.5, 0.6) is 0 Å². The maximum atomic E-state index is 12.4. The first kappa shape index (κ1) is 15.6. The minimum Gasteiger partial charge on any atom is -0.396 e. The van der Waals surface area contributed by atoms with Crippen molar-refractivity contribution < 1.29 is 15.0 Å². The van der Waals surface area contributed by atoms with Gasteiger partial charge in [-0.1, -0.05) is 30.3 Å². The molecular weight excluding hydrogens is 288 g/mol. The molecule has 0 saturated heterocycles. The number of carbonyl (C=O) groups excluding carboxylic acids is 1. The first-order valence-electron chi connectivity index (χ1n) is 6.78. The summed E-state index contributed by atoms with van der Waals surface area (Å²) in [5.41, 5.74) is 1.36. The summed E-state index contributed by atoms with van der Waals surface area (Å²) in [5.74, 6) is -0.212. The summed E-state index contributed by atoms with van der Waals surface area (Å²) in [5, 5.41) is 20.4. The molecule has 21 heavy (non-hydrogen) atoms. The van der Waals surface area contributed by atoms with Crippen LogP contribution >= 0.6 is 11.3 Å². The second kappa shape index (κ2) is 7.87. The molecule has 0 atom stereocenters. The molecule has 6 heteroatoms. The van der Waals surface area contributed by atoms with E-state index < -0.39 is 0 Å². The van der Waals surface area contributed by atoms with Crippen LogP contribution in [0.2, 0.25) is 0 Å². The lowest BCUT2D eigenvalue weighted by Gasteiger charge is -2.20. The van der Waals surface area contributed by atoms with E-state index in [0.717, 1.165) is 10.6 Å². The van der Waals surface area contributed by atoms with E-state index in [4.69, 9.17) is 10.2 Å². The Bertz CT molecular complexity index is 571. The van der Waals surface area contributed by atoms with Gasteiger partial charge in [-0.15, -0.1) is 11.3 Å². The van der Waals surface area contributed by atoms with Gasteiger partial charge in [-0.05, 0) is 6.42 Å². The summed E-state index contributed by atoms with van der Waals surface area (Å²) < 4.78 is 0. The number of aliphatic hydroxyl groups is 2. The van der Waals surface area contributed by atoms with Crippen molar-refractivity contribution in [2.24, 2.45) is 0 Å². The molecule has 2 N–H and O–H groups in total. The van der Waals surface area contributed by atoms with E-state index in [2.05, 4.69) is 4.98 Å². The Balaban J connectivity index is 2.13. The predicted octanol–water partition coefficient (Wildman–Crippen LogP) is 1.63. The monoisotopic (exact) mass is 306 g/mol. The van der Waals surface area contributed by atoms with E-state index in [1.807, 2.05) is 30.3 Å². The van der Waals surface area contributed by atoms with Crippen LogP contribution in [0.25, 0.3) is 10.6 Å². The Hall–Kier alpha value is -1.76. The molecule has 0 fully saturated rings. The second-order valence-electron chi connectivity index (χ2n) is 4.50. The number of thiazole rings is 1. The van der Waals surface area contributed by atoms with Crippen LogP contribution in [0.3, 0.4) is 0 Å². The normalized spacial score (nSPS) is 10.6. The van der Waals surface area contributed by atoms with Crippen molar-refractivity contribution in [3.05, 3.63) is 41.4 Å². The van der Waals surface area contributed by atoms with Crippen LogP contribution in [-0.4, -0.2) is 52.3 Å². The molecule has 5 nitrogen and oxygen atoms in total. The number of aromatic nitrogens is 1. The zero-order valence-electron chi connectivity index (χ0n) is 11.6. The molecule has 0 aliphatic rings. The number of carbonyl (C=O) groups is 1. The summed E-state index contributed by atoms with van der Waals surface area (Å²) in [4.78, 5) is 18.3. The number of hydrogen-bond acceptors (Lipinski definition) is 5. The molecule has 0 bridgehead atoms. The molecule has 0 aliphatic heterocycles. The highest BCUT2D eigenvalue weighted by molar-refractivity contribution is 7.13. The van der Waals surface area contributed by atoms with Crippen LogP contribution < -0.4 is 0 Å². The minimum absolute atomic E-state index is 0.0154. The summed E-state index contributed by atoms with van der Waals surface area (Å²) in [6, 6.07) is 9.69. The average Bonchev–Trinajstić information content (AvgIpc) is 3.01. The van der Waals surface area contributed by atoms with Crippen molar-refractivity contribution in [3.63, 3.8) is 0 Å². The average molecular weight is 306 g/mol. The number of amides is 1. The molecule has 1 aromatic heterocycles. The highest BCUT2D eigenvalue weighted by Crippen LogP contribution is 2.23. The molecule has 2 aromatic rings. The van der Waals surface area contributed by atoms with Crippen molar-refractivity contribution in [2.75, 3.05) is 26.3 Å². The molecule has 1 amide bonds. The van der Waals surface area contributed by atoms with Gasteiger partial charge < -0.3 is 15.1 Å². The van der Waals surface area contributed by atoms with Crippen molar-refractivity contribution in [1.29, 1.82) is 0 Å². The van der Waals surface area contributed by atoms with Gasteiger partial charge in [0.05, 0.1) is 6.61 Å². The van der Waals surface area contributed by atoms with E-state index in [1.54, 1.807) is 5.38 Å². The van der Waals surface area contributed by atoms with E-state index in [0.29, 0.717) is 18.7 Å². The second-order valence-corrected chi connectivity index (χ2v) is 5.35. The van der Waals surface area contributed by atoms with Crippen LogP contribution in [-0.2, 0) is 0 Å². The number of hydrogen-bond donors (Lipinski definition) is 2. The summed E-state index contributed by atoms with van der Waals surface area (Å²) in [6.07, 6.45) is 0.488. The van der Waals surface area contributed by atoms with Crippen LogP contribution in [0, 0.1) is 0 Å². The molecule has 0 unspecified atom stereocenters. The fourth-order valence-corrected chi connectivity index (χ4v) is 2.74. The highest BCUT2D eigenvalue weighted by Gasteiger charge is 2.18. The number of nitrogens with zero attached hydrogens (tertiary/aromatic N) is 2. The van der Waals surface area contributed by atoms with Crippen LogP contribution in [0.4, 0.5) is 0 Å². The fourth-order valence-electron chi connectivity index (χ4n) is 1.94. The molecule has 112 valence electrons. The van der Waals surface area contributed by atoms with Gasteiger partial charge in [0.2, 0.25) is 0 Å². The van der Waals surface area contributed by atoms with Crippen molar-refractivity contribution in [1.82, 2.24) is 9.88 Å². The van der Waals surface area contributed by atoms with E-state index in [-0.39, 0.29) is 25.7 Å². The highest BCUT2D eigenvalue weighted by atomic mass is 32.1. The molecule has 0 saturated carbocycles. The summed E-state index contributed by atoms with van der Waals surface area (Å²) in [6.45, 7) is 0.569. The van der Waals surface area contributed by atoms with Crippen molar-refractivity contribution in [3.8, 4) is 10.6 Å². The number of aliphatic hydroxyl groups excluding tert-OH is 2. The molecule has 1 heterocycles. The fraction of sp³-hybridized carbons (Fsp3) is 0.333.